The average Bonchev–Trinajstić information content (AvgIpc) is 2.77. The number of nitrogens with zero attached hydrogens (tertiary/aromatic N) is 2. The van der Waals surface area contributed by atoms with E-state index in [1.54, 1.807) is 36.4 Å². The topological polar surface area (TPSA) is 124 Å². The van der Waals surface area contributed by atoms with Gasteiger partial charge in [0.25, 0.3) is 0 Å². The highest BCUT2D eigenvalue weighted by molar-refractivity contribution is 5.91. The Balaban J connectivity index is 1.97. The lowest BCUT2D eigenvalue weighted by Crippen LogP contribution is -1.93. The average molecular weight is 436 g/mol. The predicted molar refractivity (Wildman–Crippen MR) is 123 cm³/mol. The van der Waals surface area contributed by atoms with Gasteiger partial charge in [-0.1, -0.05) is 12.1 Å². The summed E-state index contributed by atoms with van der Waals surface area (Å²) < 4.78 is 10.7. The molecule has 0 amide bonds. The Bertz CT molecular complexity index is 1070. The number of aromatic hydroxyl groups is 4. The van der Waals surface area contributed by atoms with E-state index in [-0.39, 0.29) is 34.4 Å². The number of hydrogen-bond acceptors (Lipinski definition) is 8. The van der Waals surface area contributed by atoms with Crippen LogP contribution in [0, 0.1) is 0 Å². The summed E-state index contributed by atoms with van der Waals surface area (Å²) in [5, 5.41) is 40.5. The molecule has 0 radical (unpaired) electrons. The molecule has 3 rings (SSSR count). The van der Waals surface area contributed by atoms with E-state index in [0.717, 1.165) is 0 Å². The molecule has 0 aliphatic rings. The molecule has 0 aliphatic carbocycles. The predicted octanol–water partition coefficient (Wildman–Crippen LogP) is 4.81. The normalized spacial score (nSPS) is 11.3. The highest BCUT2D eigenvalue weighted by atomic mass is 16.5. The van der Waals surface area contributed by atoms with E-state index >= 15 is 0 Å². The second kappa shape index (κ2) is 10.2. The first-order valence-corrected chi connectivity index (χ1v) is 9.98. The Morgan fingerprint density at radius 1 is 0.688 bits per heavy atom. The smallest absolute Gasteiger partial charge is 0.166 e. The summed E-state index contributed by atoms with van der Waals surface area (Å²) in [7, 11) is 0. The van der Waals surface area contributed by atoms with Crippen LogP contribution >= 0.6 is 0 Å². The lowest BCUT2D eigenvalue weighted by molar-refractivity contribution is 0.318. The molecule has 8 heteroatoms. The van der Waals surface area contributed by atoms with Crippen molar-refractivity contribution in [3.8, 4) is 34.5 Å². The highest BCUT2D eigenvalue weighted by Crippen LogP contribution is 2.39. The Labute approximate surface area is 185 Å². The van der Waals surface area contributed by atoms with Gasteiger partial charge >= 0.3 is 0 Å². The fourth-order valence-electron chi connectivity index (χ4n) is 2.87. The van der Waals surface area contributed by atoms with E-state index in [1.165, 1.54) is 24.6 Å². The third-order valence-corrected chi connectivity index (χ3v) is 4.42. The van der Waals surface area contributed by atoms with Crippen molar-refractivity contribution in [2.75, 3.05) is 13.2 Å². The zero-order valence-corrected chi connectivity index (χ0v) is 17.7. The summed E-state index contributed by atoms with van der Waals surface area (Å²) in [5.41, 5.74) is 1.28. The molecule has 0 spiro atoms. The van der Waals surface area contributed by atoms with Crippen LogP contribution in [-0.4, -0.2) is 46.1 Å². The van der Waals surface area contributed by atoms with Crippen LogP contribution in [0.2, 0.25) is 0 Å². The van der Waals surface area contributed by atoms with Crippen LogP contribution < -0.4 is 9.47 Å². The molecule has 4 N–H and O–H groups in total. The molecule has 0 aromatic heterocycles. The van der Waals surface area contributed by atoms with Gasteiger partial charge in [-0.05, 0) is 38.1 Å². The molecule has 0 bridgehead atoms. The zero-order chi connectivity index (χ0) is 23.1. The maximum absolute atomic E-state index is 10.3. The van der Waals surface area contributed by atoms with Crippen LogP contribution in [-0.2, 0) is 0 Å². The number of phenolic OH excluding ortho intramolecular Hbond substituents is 4. The molecule has 0 saturated carbocycles. The molecule has 3 aromatic rings. The largest absolute Gasteiger partial charge is 0.504 e. The number of hydrogen-bond donors (Lipinski definition) is 4. The number of rotatable bonds is 8. The van der Waals surface area contributed by atoms with Crippen molar-refractivity contribution in [2.45, 2.75) is 13.8 Å². The van der Waals surface area contributed by atoms with Gasteiger partial charge < -0.3 is 29.9 Å². The van der Waals surface area contributed by atoms with Gasteiger partial charge in [-0.25, -0.2) is 0 Å². The van der Waals surface area contributed by atoms with Gasteiger partial charge in [-0.2, -0.15) is 0 Å². The number of aliphatic imine (C=N–C) groups is 2. The Hall–Kier alpha value is -4.20. The molecule has 0 fully saturated rings. The fraction of sp³-hybridized carbons (Fsp3) is 0.167. The minimum absolute atomic E-state index is 0.0659. The summed E-state index contributed by atoms with van der Waals surface area (Å²) in [4.78, 5) is 8.62. The summed E-state index contributed by atoms with van der Waals surface area (Å²) in [6.07, 6.45) is 2.80. The Kier molecular flexibility index (Phi) is 7.17. The summed E-state index contributed by atoms with van der Waals surface area (Å²) >= 11 is 0. The highest BCUT2D eigenvalue weighted by Gasteiger charge is 2.10. The van der Waals surface area contributed by atoms with Crippen LogP contribution in [0.5, 0.6) is 34.5 Å². The third-order valence-electron chi connectivity index (χ3n) is 4.42. The summed E-state index contributed by atoms with van der Waals surface area (Å²) in [6.45, 7) is 4.42. The van der Waals surface area contributed by atoms with Crippen LogP contribution in [0.4, 0.5) is 11.4 Å². The van der Waals surface area contributed by atoms with Gasteiger partial charge in [0.1, 0.15) is 0 Å². The van der Waals surface area contributed by atoms with Crippen molar-refractivity contribution in [1.29, 1.82) is 0 Å². The Morgan fingerprint density at radius 2 is 1.09 bits per heavy atom. The van der Waals surface area contributed by atoms with E-state index in [0.29, 0.717) is 35.8 Å². The zero-order valence-electron chi connectivity index (χ0n) is 17.7. The molecule has 0 atom stereocenters. The number of phenols is 4. The van der Waals surface area contributed by atoms with Crippen molar-refractivity contribution >= 4 is 23.8 Å². The van der Waals surface area contributed by atoms with Crippen molar-refractivity contribution in [2.24, 2.45) is 9.98 Å². The molecular formula is C24H24N2O6. The minimum Gasteiger partial charge on any atom is -0.504 e. The first-order valence-electron chi connectivity index (χ1n) is 9.98. The van der Waals surface area contributed by atoms with E-state index in [1.807, 2.05) is 13.8 Å². The first-order chi connectivity index (χ1) is 15.4. The second-order valence-corrected chi connectivity index (χ2v) is 6.60. The lowest BCUT2D eigenvalue weighted by Gasteiger charge is -2.08. The van der Waals surface area contributed by atoms with Gasteiger partial charge in [-0.15, -0.1) is 0 Å². The van der Waals surface area contributed by atoms with Crippen LogP contribution in [0.1, 0.15) is 25.0 Å². The molecule has 0 unspecified atom stereocenters. The van der Waals surface area contributed by atoms with Gasteiger partial charge in [-0.3, -0.25) is 9.98 Å². The molecule has 0 saturated heterocycles. The fourth-order valence-corrected chi connectivity index (χ4v) is 2.87. The molecule has 0 aliphatic heterocycles. The standard InChI is InChI=1S/C24H24N2O6/c1-3-31-21-9-5-7-15(23(21)29)13-25-17-11-19(27)20(28)12-18(17)26-14-16-8-6-10-22(24(16)30)32-4-2/h5-14,27-30H,3-4H2,1-2H3. The lowest BCUT2D eigenvalue weighted by atomic mass is 10.2. The molecule has 32 heavy (non-hydrogen) atoms. The molecule has 3 aromatic carbocycles. The number of benzene rings is 3. The van der Waals surface area contributed by atoms with Crippen molar-refractivity contribution in [3.63, 3.8) is 0 Å². The van der Waals surface area contributed by atoms with Crippen molar-refractivity contribution in [1.82, 2.24) is 0 Å². The molecular weight excluding hydrogens is 412 g/mol. The van der Waals surface area contributed by atoms with Crippen LogP contribution in [0.15, 0.2) is 58.5 Å². The molecule has 166 valence electrons. The summed E-state index contributed by atoms with van der Waals surface area (Å²) in [5.74, 6) is -0.220. The molecule has 8 nitrogen and oxygen atoms in total. The minimum atomic E-state index is -0.371. The van der Waals surface area contributed by atoms with E-state index in [9.17, 15) is 20.4 Å². The van der Waals surface area contributed by atoms with E-state index < -0.39 is 0 Å². The van der Waals surface area contributed by atoms with Crippen LogP contribution in [0.25, 0.3) is 0 Å². The maximum Gasteiger partial charge on any atom is 0.166 e. The first kappa shape index (κ1) is 22.5. The number of ether oxygens (including phenoxy) is 2. The third kappa shape index (κ3) is 5.10. The van der Waals surface area contributed by atoms with Gasteiger partial charge in [0.2, 0.25) is 0 Å². The number of para-hydroxylation sites is 2. The second-order valence-electron chi connectivity index (χ2n) is 6.60. The monoisotopic (exact) mass is 436 g/mol. The molecule has 0 heterocycles. The van der Waals surface area contributed by atoms with Gasteiger partial charge in [0.15, 0.2) is 34.5 Å². The van der Waals surface area contributed by atoms with Crippen molar-refractivity contribution in [3.05, 3.63) is 59.7 Å². The van der Waals surface area contributed by atoms with Gasteiger partial charge in [0, 0.05) is 35.7 Å². The Morgan fingerprint density at radius 3 is 1.47 bits per heavy atom. The van der Waals surface area contributed by atoms with Gasteiger partial charge in [0.05, 0.1) is 24.6 Å². The van der Waals surface area contributed by atoms with Crippen LogP contribution in [0.3, 0.4) is 0 Å². The maximum atomic E-state index is 10.3. The van der Waals surface area contributed by atoms with E-state index in [4.69, 9.17) is 9.47 Å². The SMILES string of the molecule is CCOc1cccc(C=Nc2cc(O)c(O)cc2N=Cc2cccc(OCC)c2O)c1O. The summed E-state index contributed by atoms with van der Waals surface area (Å²) in [6, 6.07) is 12.5. The quantitative estimate of drug-likeness (QED) is 0.297. The van der Waals surface area contributed by atoms with E-state index in [2.05, 4.69) is 9.98 Å². The van der Waals surface area contributed by atoms with Crippen molar-refractivity contribution < 1.29 is 29.9 Å².